The summed E-state index contributed by atoms with van der Waals surface area (Å²) >= 11 is 0. The predicted octanol–water partition coefficient (Wildman–Crippen LogP) is 2.45. The molecular formula is C21H24N2O6. The normalized spacial score (nSPS) is 11.1. The van der Waals surface area contributed by atoms with Gasteiger partial charge >= 0.3 is 5.97 Å². The molecule has 0 radical (unpaired) electrons. The molecule has 0 spiro atoms. The smallest absolute Gasteiger partial charge is 0.308 e. The molecule has 2 aromatic rings. The van der Waals surface area contributed by atoms with Crippen LogP contribution < -0.4 is 20.1 Å². The van der Waals surface area contributed by atoms with E-state index in [9.17, 15) is 14.4 Å². The molecule has 0 fully saturated rings. The summed E-state index contributed by atoms with van der Waals surface area (Å²) < 4.78 is 15.4. The Labute approximate surface area is 169 Å². The number of nitrogens with one attached hydrogen (secondary N) is 2. The lowest BCUT2D eigenvalue weighted by molar-refractivity contribution is -0.148. The Morgan fingerprint density at radius 3 is 2.28 bits per heavy atom. The highest BCUT2D eigenvalue weighted by atomic mass is 16.5. The van der Waals surface area contributed by atoms with Gasteiger partial charge in [0.05, 0.1) is 26.7 Å². The van der Waals surface area contributed by atoms with Gasteiger partial charge in [0.15, 0.2) is 18.1 Å². The number of amides is 2. The number of methoxy groups -OCH3 is 2. The van der Waals surface area contributed by atoms with Gasteiger partial charge in [0.2, 0.25) is 5.91 Å². The van der Waals surface area contributed by atoms with Gasteiger partial charge in [-0.15, -0.1) is 0 Å². The van der Waals surface area contributed by atoms with E-state index in [4.69, 9.17) is 14.2 Å². The molecule has 29 heavy (non-hydrogen) atoms. The summed E-state index contributed by atoms with van der Waals surface area (Å²) in [6, 6.07) is 13.4. The van der Waals surface area contributed by atoms with Gasteiger partial charge in [0.1, 0.15) is 0 Å². The highest BCUT2D eigenvalue weighted by Gasteiger charge is 2.19. The predicted molar refractivity (Wildman–Crippen MR) is 107 cm³/mol. The van der Waals surface area contributed by atoms with E-state index < -0.39 is 24.5 Å². The Morgan fingerprint density at radius 1 is 0.966 bits per heavy atom. The van der Waals surface area contributed by atoms with Crippen molar-refractivity contribution in [1.29, 1.82) is 0 Å². The second-order valence-corrected chi connectivity index (χ2v) is 6.15. The van der Waals surface area contributed by atoms with Gasteiger partial charge in [0.25, 0.3) is 5.91 Å². The lowest BCUT2D eigenvalue weighted by Gasteiger charge is -2.17. The van der Waals surface area contributed by atoms with Gasteiger partial charge in [-0.2, -0.15) is 0 Å². The summed E-state index contributed by atoms with van der Waals surface area (Å²) in [6.45, 7) is 0.923. The third-order valence-electron chi connectivity index (χ3n) is 3.98. The second-order valence-electron chi connectivity index (χ2n) is 6.15. The first-order valence-electron chi connectivity index (χ1n) is 8.92. The number of esters is 1. The number of anilines is 1. The Morgan fingerprint density at radius 2 is 1.66 bits per heavy atom. The number of carbonyl (C=O) groups excluding carboxylic acids is 3. The molecule has 0 aliphatic heterocycles. The quantitative estimate of drug-likeness (QED) is 0.627. The van der Waals surface area contributed by atoms with Gasteiger partial charge in [-0.1, -0.05) is 30.3 Å². The minimum Gasteiger partial charge on any atom is -0.493 e. The number of hydrogen-bond acceptors (Lipinski definition) is 6. The first-order chi connectivity index (χ1) is 13.9. The molecule has 0 aromatic heterocycles. The zero-order chi connectivity index (χ0) is 21.2. The fourth-order valence-electron chi connectivity index (χ4n) is 2.67. The molecule has 1 atom stereocenters. The molecule has 2 rings (SSSR count). The standard InChI is InChI=1S/C21H24N2O6/c1-14(24)22-17(15-7-5-4-6-8-15)12-21(26)29-13-20(25)23-16-9-10-18(27-2)19(11-16)28-3/h4-11,17H,12-13H2,1-3H3,(H,22,24)(H,23,25)/t17-/m0/s1. The molecule has 2 N–H and O–H groups in total. The molecule has 0 unspecified atom stereocenters. The monoisotopic (exact) mass is 400 g/mol. The minimum atomic E-state index is -0.602. The molecule has 0 heterocycles. The van der Waals surface area contributed by atoms with E-state index >= 15 is 0 Å². The first-order valence-corrected chi connectivity index (χ1v) is 8.92. The van der Waals surface area contributed by atoms with Crippen LogP contribution in [0.5, 0.6) is 11.5 Å². The van der Waals surface area contributed by atoms with E-state index in [1.807, 2.05) is 18.2 Å². The van der Waals surface area contributed by atoms with Crippen LogP contribution in [0.15, 0.2) is 48.5 Å². The fraction of sp³-hybridized carbons (Fsp3) is 0.286. The summed E-state index contributed by atoms with van der Waals surface area (Å²) in [5, 5.41) is 5.33. The van der Waals surface area contributed by atoms with E-state index in [-0.39, 0.29) is 12.3 Å². The van der Waals surface area contributed by atoms with Crippen molar-refractivity contribution < 1.29 is 28.6 Å². The summed E-state index contributed by atoms with van der Waals surface area (Å²) in [5.41, 5.74) is 1.25. The molecule has 8 nitrogen and oxygen atoms in total. The molecule has 154 valence electrons. The second kappa shape index (κ2) is 10.7. The molecule has 0 saturated heterocycles. The Bertz CT molecular complexity index is 854. The van der Waals surface area contributed by atoms with Gasteiger partial charge in [-0.25, -0.2) is 0 Å². The van der Waals surface area contributed by atoms with Crippen LogP contribution in [0.3, 0.4) is 0 Å². The average Bonchev–Trinajstić information content (AvgIpc) is 2.72. The van der Waals surface area contributed by atoms with Gasteiger partial charge in [0, 0.05) is 18.7 Å². The maximum absolute atomic E-state index is 12.2. The minimum absolute atomic E-state index is 0.0900. The molecule has 0 saturated carbocycles. The summed E-state index contributed by atoms with van der Waals surface area (Å²) in [5.74, 6) is -0.376. The van der Waals surface area contributed by atoms with Crippen LogP contribution in [0.25, 0.3) is 0 Å². The fourth-order valence-corrected chi connectivity index (χ4v) is 2.67. The topological polar surface area (TPSA) is 103 Å². The number of carbonyl (C=O) groups is 3. The lowest BCUT2D eigenvalue weighted by Crippen LogP contribution is -2.29. The van der Waals surface area contributed by atoms with Crippen molar-refractivity contribution >= 4 is 23.5 Å². The SMILES string of the molecule is COc1ccc(NC(=O)COC(=O)C[C@H](NC(C)=O)c2ccccc2)cc1OC. The van der Waals surface area contributed by atoms with Crippen molar-refractivity contribution in [2.45, 2.75) is 19.4 Å². The number of ether oxygens (including phenoxy) is 3. The molecule has 0 aliphatic rings. The zero-order valence-electron chi connectivity index (χ0n) is 16.6. The Balaban J connectivity index is 1.90. The van der Waals surface area contributed by atoms with Gasteiger partial charge in [-0.05, 0) is 17.7 Å². The van der Waals surface area contributed by atoms with Crippen LogP contribution in [0.4, 0.5) is 5.69 Å². The van der Waals surface area contributed by atoms with Crippen LogP contribution in [-0.4, -0.2) is 38.6 Å². The largest absolute Gasteiger partial charge is 0.493 e. The maximum Gasteiger partial charge on any atom is 0.308 e. The third-order valence-corrected chi connectivity index (χ3v) is 3.98. The first kappa shape index (κ1) is 21.7. The average molecular weight is 400 g/mol. The third kappa shape index (κ3) is 6.84. The highest BCUT2D eigenvalue weighted by molar-refractivity contribution is 5.93. The van der Waals surface area contributed by atoms with Crippen molar-refractivity contribution in [2.75, 3.05) is 26.1 Å². The summed E-state index contributed by atoms with van der Waals surface area (Å²) in [6.07, 6.45) is -0.0900. The highest BCUT2D eigenvalue weighted by Crippen LogP contribution is 2.29. The Hall–Kier alpha value is -3.55. The van der Waals surface area contributed by atoms with Crippen LogP contribution in [-0.2, 0) is 19.1 Å². The maximum atomic E-state index is 12.2. The van der Waals surface area contributed by atoms with Crippen LogP contribution in [0.1, 0.15) is 24.9 Å². The Kier molecular flexibility index (Phi) is 8.02. The van der Waals surface area contributed by atoms with Crippen molar-refractivity contribution in [3.63, 3.8) is 0 Å². The molecule has 8 heteroatoms. The number of rotatable bonds is 9. The van der Waals surface area contributed by atoms with E-state index in [0.717, 1.165) is 5.56 Å². The van der Waals surface area contributed by atoms with Crippen molar-refractivity contribution in [3.8, 4) is 11.5 Å². The number of hydrogen-bond donors (Lipinski definition) is 2. The van der Waals surface area contributed by atoms with Crippen LogP contribution in [0.2, 0.25) is 0 Å². The van der Waals surface area contributed by atoms with Gasteiger partial charge < -0.3 is 24.8 Å². The molecule has 0 aliphatic carbocycles. The van der Waals surface area contributed by atoms with Crippen molar-refractivity contribution in [2.24, 2.45) is 0 Å². The van der Waals surface area contributed by atoms with Crippen LogP contribution >= 0.6 is 0 Å². The van der Waals surface area contributed by atoms with Crippen molar-refractivity contribution in [3.05, 3.63) is 54.1 Å². The molecule has 2 amide bonds. The molecule has 2 aromatic carbocycles. The van der Waals surface area contributed by atoms with E-state index in [1.165, 1.54) is 21.1 Å². The number of benzene rings is 2. The summed E-state index contributed by atoms with van der Waals surface area (Å²) in [7, 11) is 3.00. The lowest BCUT2D eigenvalue weighted by atomic mass is 10.0. The van der Waals surface area contributed by atoms with Crippen LogP contribution in [0, 0.1) is 0 Å². The van der Waals surface area contributed by atoms with Crippen molar-refractivity contribution in [1.82, 2.24) is 5.32 Å². The van der Waals surface area contributed by atoms with Gasteiger partial charge in [-0.3, -0.25) is 14.4 Å². The van der Waals surface area contributed by atoms with E-state index in [2.05, 4.69) is 10.6 Å². The van der Waals surface area contributed by atoms with E-state index in [1.54, 1.807) is 30.3 Å². The molecule has 0 bridgehead atoms. The zero-order valence-corrected chi connectivity index (χ0v) is 16.6. The molecular weight excluding hydrogens is 376 g/mol. The van der Waals surface area contributed by atoms with E-state index in [0.29, 0.717) is 17.2 Å². The summed E-state index contributed by atoms with van der Waals surface area (Å²) in [4.78, 5) is 35.7.